The van der Waals surface area contributed by atoms with E-state index in [4.69, 9.17) is 5.73 Å². The summed E-state index contributed by atoms with van der Waals surface area (Å²) in [5.74, 6) is 0.592. The lowest BCUT2D eigenvalue weighted by molar-refractivity contribution is 0.504. The van der Waals surface area contributed by atoms with E-state index in [0.717, 1.165) is 6.54 Å². The Bertz CT molecular complexity index is 192. The van der Waals surface area contributed by atoms with Crippen LogP contribution in [0.25, 0.3) is 0 Å². The van der Waals surface area contributed by atoms with Gasteiger partial charge in [-0.15, -0.1) is 0 Å². The van der Waals surface area contributed by atoms with Crippen LogP contribution in [0.15, 0.2) is 4.99 Å². The van der Waals surface area contributed by atoms with Gasteiger partial charge in [-0.2, -0.15) is 0 Å². The maximum Gasteiger partial charge on any atom is 0.188 e. The summed E-state index contributed by atoms with van der Waals surface area (Å²) >= 11 is 0. The quantitative estimate of drug-likeness (QED) is 0.512. The van der Waals surface area contributed by atoms with E-state index < -0.39 is 0 Å². The number of nitrogens with one attached hydrogen (secondary N) is 1. The second kappa shape index (κ2) is 3.99. The van der Waals surface area contributed by atoms with Crippen LogP contribution in [0.3, 0.4) is 0 Å². The minimum Gasteiger partial charge on any atom is -0.370 e. The van der Waals surface area contributed by atoms with Crippen LogP contribution in [0.5, 0.6) is 0 Å². The monoisotopic (exact) mass is 183 g/mol. The number of nitrogens with two attached hydrogens (primary N) is 1. The number of nitrogens with zero attached hydrogens (tertiary/aromatic N) is 1. The van der Waals surface area contributed by atoms with Gasteiger partial charge >= 0.3 is 0 Å². The molecule has 13 heavy (non-hydrogen) atoms. The van der Waals surface area contributed by atoms with Gasteiger partial charge in [-0.25, -0.2) is 0 Å². The first kappa shape index (κ1) is 10.4. The lowest BCUT2D eigenvalue weighted by Crippen LogP contribution is -2.37. The van der Waals surface area contributed by atoms with Crippen molar-refractivity contribution >= 4 is 5.96 Å². The molecule has 0 spiro atoms. The fourth-order valence-electron chi connectivity index (χ4n) is 1.39. The van der Waals surface area contributed by atoms with Gasteiger partial charge in [-0.1, -0.05) is 6.92 Å². The minimum atomic E-state index is 0.375. The van der Waals surface area contributed by atoms with Crippen LogP contribution in [0.1, 0.15) is 40.0 Å². The van der Waals surface area contributed by atoms with E-state index in [9.17, 15) is 0 Å². The van der Waals surface area contributed by atoms with Gasteiger partial charge in [0.2, 0.25) is 0 Å². The molecule has 3 heteroatoms. The third kappa shape index (κ3) is 3.25. The summed E-state index contributed by atoms with van der Waals surface area (Å²) in [6.07, 6.45) is 3.87. The third-order valence-corrected chi connectivity index (χ3v) is 2.73. The smallest absolute Gasteiger partial charge is 0.188 e. The maximum absolute atomic E-state index is 5.70. The fraction of sp³-hybridized carbons (Fsp3) is 0.900. The number of guanidine groups is 1. The van der Waals surface area contributed by atoms with Gasteiger partial charge in [0.05, 0.1) is 0 Å². The predicted octanol–water partition coefficient (Wildman–Crippen LogP) is 1.49. The molecular weight excluding hydrogens is 162 g/mol. The first-order chi connectivity index (χ1) is 6.08. The van der Waals surface area contributed by atoms with Gasteiger partial charge in [0.1, 0.15) is 0 Å². The molecule has 3 nitrogen and oxygen atoms in total. The summed E-state index contributed by atoms with van der Waals surface area (Å²) < 4.78 is 0. The lowest BCUT2D eigenvalue weighted by atomic mass is 10.1. The largest absolute Gasteiger partial charge is 0.370 e. The van der Waals surface area contributed by atoms with E-state index in [-0.39, 0.29) is 0 Å². The molecule has 3 N–H and O–H groups in total. The second-order valence-electron chi connectivity index (χ2n) is 4.35. The van der Waals surface area contributed by atoms with Gasteiger partial charge in [0.25, 0.3) is 0 Å². The molecule has 0 atom stereocenters. The molecule has 0 aromatic rings. The van der Waals surface area contributed by atoms with E-state index in [0.29, 0.717) is 17.4 Å². The second-order valence-corrected chi connectivity index (χ2v) is 4.35. The molecule has 0 saturated heterocycles. The van der Waals surface area contributed by atoms with Crippen LogP contribution in [-0.4, -0.2) is 18.5 Å². The third-order valence-electron chi connectivity index (χ3n) is 2.73. The van der Waals surface area contributed by atoms with Gasteiger partial charge in [0, 0.05) is 12.6 Å². The Morgan fingerprint density at radius 2 is 2.15 bits per heavy atom. The fourth-order valence-corrected chi connectivity index (χ4v) is 1.39. The predicted molar refractivity (Wildman–Crippen MR) is 56.7 cm³/mol. The summed E-state index contributed by atoms with van der Waals surface area (Å²) in [5.41, 5.74) is 6.21. The summed E-state index contributed by atoms with van der Waals surface area (Å²) in [5, 5.41) is 3.09. The molecule has 0 aliphatic heterocycles. The van der Waals surface area contributed by atoms with E-state index in [2.05, 4.69) is 31.1 Å². The Balaban J connectivity index is 2.30. The van der Waals surface area contributed by atoms with Gasteiger partial charge in [-0.3, -0.25) is 4.99 Å². The Morgan fingerprint density at radius 1 is 1.54 bits per heavy atom. The molecule has 0 heterocycles. The zero-order valence-corrected chi connectivity index (χ0v) is 8.93. The molecule has 1 saturated carbocycles. The zero-order valence-electron chi connectivity index (χ0n) is 8.93. The molecule has 0 aromatic carbocycles. The summed E-state index contributed by atoms with van der Waals surface area (Å²) in [6.45, 7) is 7.26. The van der Waals surface area contributed by atoms with Crippen LogP contribution >= 0.6 is 0 Å². The van der Waals surface area contributed by atoms with Crippen molar-refractivity contribution in [2.45, 2.75) is 46.1 Å². The van der Waals surface area contributed by atoms with Gasteiger partial charge < -0.3 is 11.1 Å². The average Bonchev–Trinajstić information content (AvgIpc) is 2.80. The van der Waals surface area contributed by atoms with Crippen molar-refractivity contribution in [2.24, 2.45) is 16.1 Å². The van der Waals surface area contributed by atoms with E-state index in [1.807, 2.05) is 0 Å². The van der Waals surface area contributed by atoms with Crippen molar-refractivity contribution in [3.63, 3.8) is 0 Å². The number of rotatable bonds is 4. The summed E-state index contributed by atoms with van der Waals surface area (Å²) in [7, 11) is 0. The van der Waals surface area contributed by atoms with Crippen LogP contribution < -0.4 is 11.1 Å². The van der Waals surface area contributed by atoms with Crippen LogP contribution in [0.4, 0.5) is 0 Å². The standard InChI is InChI=1S/C10H21N3/c1-4-10(5-6-10)7-12-9(11)13-8(2)3/h8H,4-7H2,1-3H3,(H3,11,12,13). The van der Waals surface area contributed by atoms with Gasteiger partial charge in [0.15, 0.2) is 5.96 Å². The highest BCUT2D eigenvalue weighted by molar-refractivity contribution is 5.78. The molecule has 76 valence electrons. The molecule has 1 fully saturated rings. The molecule has 0 amide bonds. The van der Waals surface area contributed by atoms with Crippen molar-refractivity contribution in [3.8, 4) is 0 Å². The molecule has 0 bridgehead atoms. The SMILES string of the molecule is CCC1(CN=C(N)NC(C)C)CC1. The van der Waals surface area contributed by atoms with E-state index >= 15 is 0 Å². The van der Waals surface area contributed by atoms with Crippen molar-refractivity contribution in [1.82, 2.24) is 5.32 Å². The number of hydrogen-bond donors (Lipinski definition) is 2. The maximum atomic E-state index is 5.70. The highest BCUT2D eigenvalue weighted by atomic mass is 15.1. The zero-order chi connectivity index (χ0) is 9.90. The number of hydrogen-bond acceptors (Lipinski definition) is 1. The Morgan fingerprint density at radius 3 is 2.54 bits per heavy atom. The topological polar surface area (TPSA) is 50.4 Å². The first-order valence-corrected chi connectivity index (χ1v) is 5.14. The minimum absolute atomic E-state index is 0.375. The van der Waals surface area contributed by atoms with Crippen molar-refractivity contribution in [1.29, 1.82) is 0 Å². The Labute approximate surface area is 80.8 Å². The van der Waals surface area contributed by atoms with Gasteiger partial charge in [-0.05, 0) is 38.5 Å². The highest BCUT2D eigenvalue weighted by Gasteiger charge is 2.40. The molecular formula is C10H21N3. The van der Waals surface area contributed by atoms with Crippen LogP contribution in [-0.2, 0) is 0 Å². The van der Waals surface area contributed by atoms with Crippen LogP contribution in [0.2, 0.25) is 0 Å². The molecule has 1 rings (SSSR count). The lowest BCUT2D eigenvalue weighted by Gasteiger charge is -2.11. The molecule has 1 aliphatic carbocycles. The van der Waals surface area contributed by atoms with Crippen molar-refractivity contribution in [2.75, 3.05) is 6.54 Å². The summed E-state index contributed by atoms with van der Waals surface area (Å²) in [6, 6.07) is 0.375. The molecule has 1 aliphatic rings. The normalized spacial score (nSPS) is 20.5. The first-order valence-electron chi connectivity index (χ1n) is 5.14. The number of aliphatic imine (C=N–C) groups is 1. The molecule has 0 radical (unpaired) electrons. The van der Waals surface area contributed by atoms with E-state index in [1.165, 1.54) is 19.3 Å². The van der Waals surface area contributed by atoms with Crippen molar-refractivity contribution < 1.29 is 0 Å². The van der Waals surface area contributed by atoms with E-state index in [1.54, 1.807) is 0 Å². The molecule has 0 unspecified atom stereocenters. The van der Waals surface area contributed by atoms with Crippen molar-refractivity contribution in [3.05, 3.63) is 0 Å². The Kier molecular flexibility index (Phi) is 3.17. The highest BCUT2D eigenvalue weighted by Crippen LogP contribution is 2.48. The average molecular weight is 183 g/mol. The Hall–Kier alpha value is -0.730. The van der Waals surface area contributed by atoms with Crippen LogP contribution in [0, 0.1) is 5.41 Å². The molecule has 0 aromatic heterocycles. The summed E-state index contributed by atoms with van der Waals surface area (Å²) in [4.78, 5) is 4.35.